The maximum atomic E-state index is 13.9. The molecule has 0 aliphatic heterocycles. The Morgan fingerprint density at radius 2 is 1.73 bits per heavy atom. The van der Waals surface area contributed by atoms with Gasteiger partial charge in [0, 0.05) is 19.3 Å². The van der Waals surface area contributed by atoms with Crippen LogP contribution in [0.3, 0.4) is 0 Å². The Balaban J connectivity index is 1.41. The highest BCUT2D eigenvalue weighted by Gasteiger charge is 2.70. The predicted octanol–water partition coefficient (Wildman–Crippen LogP) is 6.58. The standard InChI is InChI=1S/C36H60N2O3/c1-24(2)10-8-11-25(3)28-14-15-29-27-13-12-26-22-36(41)32(40)17-16-31(39)35(36,37-20-9-21-38(6)7)23-34(26,5)30(27)18-19-33(28,29)4/h12,24-25,27-30,37,41H,8-11,13-23H2,1-7H3/t25-,27+,28-,29+,30+,33-,34+,35?,36?/m1/s1. The van der Waals surface area contributed by atoms with Crippen molar-refractivity contribution < 1.29 is 14.7 Å². The zero-order valence-electron chi connectivity index (χ0n) is 27.4. The largest absolute Gasteiger partial charge is 0.379 e. The molecular formula is C36H60N2O3. The molecule has 0 spiro atoms. The van der Waals surface area contributed by atoms with Gasteiger partial charge in [0.1, 0.15) is 5.54 Å². The summed E-state index contributed by atoms with van der Waals surface area (Å²) in [6.07, 6.45) is 14.9. The molecule has 0 amide bonds. The SMILES string of the molecule is CC(C)CCC[C@@H](C)[C@H]1CC[C@H]2[C@@H]3CC=C4CC5(O)C(=O)CCC(=O)C5(NCCCN(C)C)C[C@]4(C)[C@H]3CC[C@]12C. The van der Waals surface area contributed by atoms with E-state index in [1.165, 1.54) is 50.5 Å². The van der Waals surface area contributed by atoms with Crippen LogP contribution in [0.2, 0.25) is 0 Å². The molecule has 5 aliphatic carbocycles. The fraction of sp³-hybridized carbons (Fsp3) is 0.889. The molecule has 5 aliphatic rings. The topological polar surface area (TPSA) is 69.6 Å². The van der Waals surface area contributed by atoms with Gasteiger partial charge in [-0.2, -0.15) is 0 Å². The molecule has 4 saturated carbocycles. The molecule has 0 aromatic heterocycles. The van der Waals surface area contributed by atoms with Crippen LogP contribution >= 0.6 is 0 Å². The lowest BCUT2D eigenvalue weighted by atomic mass is 9.42. The number of rotatable bonds is 10. The van der Waals surface area contributed by atoms with Gasteiger partial charge >= 0.3 is 0 Å². The highest BCUT2D eigenvalue weighted by Crippen LogP contribution is 2.69. The number of fused-ring (bicyclic) bond motifs is 6. The number of hydrogen-bond donors (Lipinski definition) is 2. The van der Waals surface area contributed by atoms with Crippen LogP contribution in [0, 0.1) is 46.3 Å². The zero-order valence-corrected chi connectivity index (χ0v) is 27.4. The summed E-state index contributed by atoms with van der Waals surface area (Å²) in [5.74, 6) is 4.22. The van der Waals surface area contributed by atoms with Crippen molar-refractivity contribution in [2.24, 2.45) is 46.3 Å². The number of nitrogens with zero attached hydrogens (tertiary/aromatic N) is 1. The van der Waals surface area contributed by atoms with E-state index in [2.05, 4.69) is 65.0 Å². The minimum atomic E-state index is -1.62. The smallest absolute Gasteiger partial charge is 0.167 e. The predicted molar refractivity (Wildman–Crippen MR) is 167 cm³/mol. The normalized spacial score (nSPS) is 42.9. The van der Waals surface area contributed by atoms with Crippen LogP contribution in [0.25, 0.3) is 0 Å². The van der Waals surface area contributed by atoms with Crippen molar-refractivity contribution in [2.45, 2.75) is 129 Å². The Kier molecular flexibility index (Phi) is 8.78. The van der Waals surface area contributed by atoms with Crippen molar-refractivity contribution in [3.05, 3.63) is 11.6 Å². The van der Waals surface area contributed by atoms with Crippen molar-refractivity contribution in [3.63, 3.8) is 0 Å². The van der Waals surface area contributed by atoms with E-state index in [4.69, 9.17) is 0 Å². The molecule has 2 unspecified atom stereocenters. The fourth-order valence-corrected chi connectivity index (χ4v) is 11.1. The lowest BCUT2D eigenvalue weighted by molar-refractivity contribution is -0.175. The van der Waals surface area contributed by atoms with Gasteiger partial charge in [-0.05, 0) is 118 Å². The van der Waals surface area contributed by atoms with Crippen LogP contribution in [0.5, 0.6) is 0 Å². The second-order valence-corrected chi connectivity index (χ2v) is 16.3. The summed E-state index contributed by atoms with van der Waals surface area (Å²) in [4.78, 5) is 29.5. The first kappa shape index (κ1) is 31.4. The summed E-state index contributed by atoms with van der Waals surface area (Å²) in [6.45, 7) is 13.8. The first-order valence-electron chi connectivity index (χ1n) is 17.2. The molecule has 0 heterocycles. The monoisotopic (exact) mass is 568 g/mol. The molecule has 232 valence electrons. The third kappa shape index (κ3) is 5.12. The Hall–Kier alpha value is -1.04. The molecule has 4 fully saturated rings. The van der Waals surface area contributed by atoms with Crippen molar-refractivity contribution >= 4 is 11.6 Å². The minimum absolute atomic E-state index is 0.0589. The van der Waals surface area contributed by atoms with Crippen LogP contribution in [-0.2, 0) is 9.59 Å². The highest BCUT2D eigenvalue weighted by atomic mass is 16.3. The van der Waals surface area contributed by atoms with Gasteiger partial charge in [-0.1, -0.05) is 65.5 Å². The number of hydrogen-bond acceptors (Lipinski definition) is 5. The van der Waals surface area contributed by atoms with Gasteiger partial charge in [0.15, 0.2) is 17.2 Å². The van der Waals surface area contributed by atoms with Gasteiger partial charge in [0.05, 0.1) is 0 Å². The van der Waals surface area contributed by atoms with E-state index < -0.39 is 11.1 Å². The molecule has 0 radical (unpaired) electrons. The van der Waals surface area contributed by atoms with Gasteiger partial charge in [0.2, 0.25) is 0 Å². The number of Topliss-reactive ketones (excluding diaryl/α,β-unsaturated/α-hetero) is 2. The maximum Gasteiger partial charge on any atom is 0.167 e. The molecule has 5 nitrogen and oxygen atoms in total. The van der Waals surface area contributed by atoms with Gasteiger partial charge in [-0.3, -0.25) is 9.59 Å². The minimum Gasteiger partial charge on any atom is -0.379 e. The molecule has 5 heteroatoms. The summed E-state index contributed by atoms with van der Waals surface area (Å²) in [7, 11) is 4.11. The van der Waals surface area contributed by atoms with Crippen molar-refractivity contribution in [1.82, 2.24) is 10.2 Å². The van der Waals surface area contributed by atoms with Crippen LogP contribution < -0.4 is 5.32 Å². The van der Waals surface area contributed by atoms with E-state index in [-0.39, 0.29) is 29.8 Å². The number of nitrogens with one attached hydrogen (secondary N) is 1. The van der Waals surface area contributed by atoms with Gasteiger partial charge in [-0.25, -0.2) is 0 Å². The molecule has 5 rings (SSSR count). The summed E-state index contributed by atoms with van der Waals surface area (Å²) >= 11 is 0. The Morgan fingerprint density at radius 3 is 2.44 bits per heavy atom. The second kappa shape index (κ2) is 11.5. The quantitative estimate of drug-likeness (QED) is 0.230. The third-order valence-corrected chi connectivity index (χ3v) is 13.3. The first-order valence-corrected chi connectivity index (χ1v) is 17.2. The average Bonchev–Trinajstić information content (AvgIpc) is 3.26. The van der Waals surface area contributed by atoms with Crippen molar-refractivity contribution in [2.75, 3.05) is 27.2 Å². The molecule has 0 saturated heterocycles. The van der Waals surface area contributed by atoms with Crippen LogP contribution in [0.4, 0.5) is 0 Å². The summed E-state index contributed by atoms with van der Waals surface area (Å²) in [5, 5.41) is 15.7. The maximum absolute atomic E-state index is 13.9. The summed E-state index contributed by atoms with van der Waals surface area (Å²) in [6, 6.07) is 0. The van der Waals surface area contributed by atoms with E-state index in [0.29, 0.717) is 36.6 Å². The number of ketones is 2. The Labute approximate surface area is 250 Å². The summed E-state index contributed by atoms with van der Waals surface area (Å²) < 4.78 is 0. The fourth-order valence-electron chi connectivity index (χ4n) is 11.1. The summed E-state index contributed by atoms with van der Waals surface area (Å²) in [5.41, 5.74) is -1.26. The lowest BCUT2D eigenvalue weighted by Gasteiger charge is -2.64. The molecule has 0 aromatic carbocycles. The number of carbonyl (C=O) groups excluding carboxylic acids is 2. The Bertz CT molecular complexity index is 1040. The van der Waals surface area contributed by atoms with E-state index in [1.807, 2.05) is 0 Å². The van der Waals surface area contributed by atoms with E-state index in [9.17, 15) is 14.7 Å². The highest BCUT2D eigenvalue weighted by molar-refractivity contribution is 6.06. The number of aliphatic hydroxyl groups is 1. The van der Waals surface area contributed by atoms with E-state index in [1.54, 1.807) is 0 Å². The molecule has 41 heavy (non-hydrogen) atoms. The van der Waals surface area contributed by atoms with Gasteiger partial charge in [0.25, 0.3) is 0 Å². The lowest BCUT2D eigenvalue weighted by Crippen LogP contribution is -2.77. The van der Waals surface area contributed by atoms with Crippen LogP contribution in [-0.4, -0.2) is 59.9 Å². The number of carbonyl (C=O) groups is 2. The average molecular weight is 569 g/mol. The van der Waals surface area contributed by atoms with Crippen LogP contribution in [0.15, 0.2) is 11.6 Å². The van der Waals surface area contributed by atoms with E-state index in [0.717, 1.165) is 43.1 Å². The van der Waals surface area contributed by atoms with Gasteiger partial charge < -0.3 is 15.3 Å². The van der Waals surface area contributed by atoms with E-state index >= 15 is 0 Å². The third-order valence-electron chi connectivity index (χ3n) is 13.3. The Morgan fingerprint density at radius 1 is 1.00 bits per heavy atom. The molecule has 2 N–H and O–H groups in total. The molecular weight excluding hydrogens is 508 g/mol. The van der Waals surface area contributed by atoms with Crippen molar-refractivity contribution in [3.8, 4) is 0 Å². The molecule has 9 atom stereocenters. The van der Waals surface area contributed by atoms with Crippen LogP contribution in [0.1, 0.15) is 118 Å². The van der Waals surface area contributed by atoms with Gasteiger partial charge in [-0.15, -0.1) is 0 Å². The second-order valence-electron chi connectivity index (χ2n) is 16.3. The zero-order chi connectivity index (χ0) is 29.8. The molecule has 0 bridgehead atoms. The number of allylic oxidation sites excluding steroid dienone is 1. The van der Waals surface area contributed by atoms with Crippen molar-refractivity contribution in [1.29, 1.82) is 0 Å². The molecule has 0 aromatic rings. The first-order chi connectivity index (χ1) is 19.3.